The van der Waals surface area contributed by atoms with Gasteiger partial charge in [-0.15, -0.1) is 12.4 Å². The zero-order valence-electron chi connectivity index (χ0n) is 13.5. The molecule has 0 aliphatic heterocycles. The summed E-state index contributed by atoms with van der Waals surface area (Å²) in [5.41, 5.74) is 4.85. The van der Waals surface area contributed by atoms with Gasteiger partial charge in [0.1, 0.15) is 0 Å². The topological polar surface area (TPSA) is 55.1 Å². The summed E-state index contributed by atoms with van der Waals surface area (Å²) in [5, 5.41) is 2.76. The first-order valence-corrected chi connectivity index (χ1v) is 7.22. The minimum atomic E-state index is -4.37. The summed E-state index contributed by atoms with van der Waals surface area (Å²) in [4.78, 5) is 11.7. The summed E-state index contributed by atoms with van der Waals surface area (Å²) >= 11 is 0. The molecule has 0 aliphatic rings. The molecule has 0 aliphatic carbocycles. The van der Waals surface area contributed by atoms with Gasteiger partial charge in [-0.05, 0) is 25.0 Å². The molecule has 1 aromatic carbocycles. The van der Waals surface area contributed by atoms with Gasteiger partial charge in [0.15, 0.2) is 0 Å². The lowest BCUT2D eigenvalue weighted by atomic mass is 9.83. The Morgan fingerprint density at radius 2 is 1.83 bits per heavy atom. The van der Waals surface area contributed by atoms with Crippen molar-refractivity contribution in [3.05, 3.63) is 35.4 Å². The first-order chi connectivity index (χ1) is 10.0. The molecule has 7 heteroatoms. The molecule has 0 fully saturated rings. The van der Waals surface area contributed by atoms with E-state index in [1.54, 1.807) is 19.9 Å². The number of nitrogens with two attached hydrogens (primary N) is 1. The zero-order valence-corrected chi connectivity index (χ0v) is 14.4. The first kappa shape index (κ1) is 21.7. The number of amides is 1. The molecule has 0 saturated heterocycles. The molecule has 0 aromatic heterocycles. The predicted molar refractivity (Wildman–Crippen MR) is 87.6 cm³/mol. The van der Waals surface area contributed by atoms with E-state index in [1.807, 2.05) is 6.92 Å². The van der Waals surface area contributed by atoms with Crippen LogP contribution in [0.5, 0.6) is 0 Å². The molecule has 3 N–H and O–H groups in total. The van der Waals surface area contributed by atoms with Crippen molar-refractivity contribution in [2.24, 2.45) is 5.73 Å². The number of alkyl halides is 3. The molecule has 1 rings (SSSR count). The molecule has 1 amide bonds. The fraction of sp³-hybridized carbons (Fsp3) is 0.562. The summed E-state index contributed by atoms with van der Waals surface area (Å²) < 4.78 is 38.3. The zero-order chi connectivity index (χ0) is 17.0. The van der Waals surface area contributed by atoms with Gasteiger partial charge in [-0.2, -0.15) is 13.2 Å². The third-order valence-electron chi connectivity index (χ3n) is 3.53. The third kappa shape index (κ3) is 7.22. The van der Waals surface area contributed by atoms with Crippen molar-refractivity contribution < 1.29 is 18.0 Å². The van der Waals surface area contributed by atoms with Crippen molar-refractivity contribution in [2.45, 2.75) is 51.2 Å². The molecule has 0 bridgehead atoms. The van der Waals surface area contributed by atoms with Gasteiger partial charge in [0.05, 0.1) is 5.56 Å². The van der Waals surface area contributed by atoms with E-state index in [2.05, 4.69) is 5.32 Å². The molecular weight excluding hydrogens is 329 g/mol. The van der Waals surface area contributed by atoms with Gasteiger partial charge in [0, 0.05) is 24.4 Å². The number of halogens is 4. The summed E-state index contributed by atoms with van der Waals surface area (Å²) in [6.45, 7) is 5.69. The molecule has 1 atom stereocenters. The van der Waals surface area contributed by atoms with Crippen LogP contribution in [0.3, 0.4) is 0 Å². The van der Waals surface area contributed by atoms with Crippen molar-refractivity contribution in [1.29, 1.82) is 0 Å². The van der Waals surface area contributed by atoms with Crippen molar-refractivity contribution in [3.63, 3.8) is 0 Å². The van der Waals surface area contributed by atoms with Gasteiger partial charge in [-0.25, -0.2) is 0 Å². The van der Waals surface area contributed by atoms with Crippen LogP contribution in [0.1, 0.15) is 44.7 Å². The lowest BCUT2D eigenvalue weighted by Crippen LogP contribution is -2.37. The van der Waals surface area contributed by atoms with Crippen LogP contribution in [-0.4, -0.2) is 18.5 Å². The fourth-order valence-corrected chi connectivity index (χ4v) is 1.99. The molecule has 23 heavy (non-hydrogen) atoms. The number of nitrogens with one attached hydrogen (secondary N) is 1. The quantitative estimate of drug-likeness (QED) is 0.821. The van der Waals surface area contributed by atoms with E-state index < -0.39 is 17.2 Å². The summed E-state index contributed by atoms with van der Waals surface area (Å²) in [7, 11) is 0. The van der Waals surface area contributed by atoms with Crippen molar-refractivity contribution in [3.8, 4) is 0 Å². The lowest BCUT2D eigenvalue weighted by molar-refractivity contribution is -0.137. The highest BCUT2D eigenvalue weighted by atomic mass is 35.5. The highest BCUT2D eigenvalue weighted by molar-refractivity contribution is 5.85. The number of rotatable bonds is 6. The largest absolute Gasteiger partial charge is 0.416 e. The molecule has 132 valence electrons. The van der Waals surface area contributed by atoms with E-state index in [1.165, 1.54) is 6.07 Å². The molecule has 0 radical (unpaired) electrons. The Hall–Kier alpha value is -1.27. The Bertz CT molecular complexity index is 516. The Morgan fingerprint density at radius 1 is 1.26 bits per heavy atom. The maximum Gasteiger partial charge on any atom is 0.416 e. The second-order valence-electron chi connectivity index (χ2n) is 6.26. The van der Waals surface area contributed by atoms with Crippen LogP contribution in [-0.2, 0) is 16.4 Å². The van der Waals surface area contributed by atoms with Gasteiger partial charge in [-0.1, -0.05) is 32.0 Å². The predicted octanol–water partition coefficient (Wildman–Crippen LogP) is 3.65. The average Bonchev–Trinajstić information content (AvgIpc) is 2.42. The SMILES string of the molecule is CC(N)CCC(=O)NCC(C)(C)c1cccc(C(F)(F)F)c1.Cl. The van der Waals surface area contributed by atoms with Gasteiger partial charge in [-0.3, -0.25) is 4.79 Å². The van der Waals surface area contributed by atoms with E-state index in [4.69, 9.17) is 5.73 Å². The van der Waals surface area contributed by atoms with E-state index in [0.717, 1.165) is 12.1 Å². The maximum atomic E-state index is 12.8. The third-order valence-corrected chi connectivity index (χ3v) is 3.53. The van der Waals surface area contributed by atoms with E-state index >= 15 is 0 Å². The van der Waals surface area contributed by atoms with Crippen molar-refractivity contribution in [2.75, 3.05) is 6.54 Å². The number of carbonyl (C=O) groups excluding carboxylic acids is 1. The molecule has 1 unspecified atom stereocenters. The monoisotopic (exact) mass is 352 g/mol. The number of hydrogen-bond donors (Lipinski definition) is 2. The number of benzene rings is 1. The van der Waals surface area contributed by atoms with Crippen LogP contribution in [0.4, 0.5) is 13.2 Å². The van der Waals surface area contributed by atoms with Gasteiger partial charge < -0.3 is 11.1 Å². The number of carbonyl (C=O) groups is 1. The smallest absolute Gasteiger partial charge is 0.355 e. The molecule has 0 spiro atoms. The second kappa shape index (κ2) is 8.55. The molecular formula is C16H24ClF3N2O. The van der Waals surface area contributed by atoms with Crippen LogP contribution in [0.15, 0.2) is 24.3 Å². The first-order valence-electron chi connectivity index (χ1n) is 7.22. The van der Waals surface area contributed by atoms with Crippen LogP contribution in [0.2, 0.25) is 0 Å². The van der Waals surface area contributed by atoms with Crippen LogP contribution < -0.4 is 11.1 Å². The molecule has 0 saturated carbocycles. The Labute approximate surface area is 141 Å². The van der Waals surface area contributed by atoms with Gasteiger partial charge >= 0.3 is 6.18 Å². The highest BCUT2D eigenvalue weighted by Crippen LogP contribution is 2.32. The minimum Gasteiger partial charge on any atom is -0.355 e. The molecule has 0 heterocycles. The fourth-order valence-electron chi connectivity index (χ4n) is 1.99. The van der Waals surface area contributed by atoms with Crippen LogP contribution in [0.25, 0.3) is 0 Å². The average molecular weight is 353 g/mol. The van der Waals surface area contributed by atoms with E-state index in [0.29, 0.717) is 18.4 Å². The second-order valence-corrected chi connectivity index (χ2v) is 6.26. The lowest BCUT2D eigenvalue weighted by Gasteiger charge is -2.26. The number of hydrogen-bond acceptors (Lipinski definition) is 2. The van der Waals surface area contributed by atoms with Crippen LogP contribution >= 0.6 is 12.4 Å². The Kier molecular flexibility index (Phi) is 8.07. The van der Waals surface area contributed by atoms with E-state index in [9.17, 15) is 18.0 Å². The summed E-state index contributed by atoms with van der Waals surface area (Å²) in [6, 6.07) is 5.15. The van der Waals surface area contributed by atoms with Crippen molar-refractivity contribution >= 4 is 18.3 Å². The van der Waals surface area contributed by atoms with Gasteiger partial charge in [0.25, 0.3) is 0 Å². The Balaban J connectivity index is 0.00000484. The standard InChI is InChI=1S/C16H23F3N2O.ClH/c1-11(20)7-8-14(22)21-10-15(2,3)12-5-4-6-13(9-12)16(17,18)19;/h4-6,9,11H,7-8,10,20H2,1-3H3,(H,21,22);1H. The maximum absolute atomic E-state index is 12.8. The Morgan fingerprint density at radius 3 is 2.35 bits per heavy atom. The normalized spacial score (nSPS) is 13.2. The van der Waals surface area contributed by atoms with Crippen molar-refractivity contribution in [1.82, 2.24) is 5.32 Å². The molecule has 1 aromatic rings. The van der Waals surface area contributed by atoms with Gasteiger partial charge in [0.2, 0.25) is 5.91 Å². The minimum absolute atomic E-state index is 0. The summed E-state index contributed by atoms with van der Waals surface area (Å²) in [6.07, 6.45) is -3.47. The summed E-state index contributed by atoms with van der Waals surface area (Å²) in [5.74, 6) is -0.141. The van der Waals surface area contributed by atoms with E-state index in [-0.39, 0.29) is 30.9 Å². The van der Waals surface area contributed by atoms with Crippen LogP contribution in [0, 0.1) is 0 Å². The highest BCUT2D eigenvalue weighted by Gasteiger charge is 2.32. The molecule has 3 nitrogen and oxygen atoms in total.